The van der Waals surface area contributed by atoms with Crippen LogP contribution in [0.15, 0.2) is 22.7 Å². The largest absolute Gasteiger partial charge is 0.385 e. The van der Waals surface area contributed by atoms with Crippen LogP contribution in [-0.2, 0) is 4.74 Å². The fourth-order valence-electron chi connectivity index (χ4n) is 1.17. The van der Waals surface area contributed by atoms with Crippen molar-refractivity contribution in [3.63, 3.8) is 0 Å². The minimum Gasteiger partial charge on any atom is -0.385 e. The standard InChI is InChI=1S/C11H14BrClN2OS/c1-16-6-2-5-14-11(17)15-8-3-4-10(13)9(12)7-8/h3-4,7H,2,5-6H2,1H3,(H2,14,15,17). The van der Waals surface area contributed by atoms with Crippen LogP contribution in [0.25, 0.3) is 0 Å². The topological polar surface area (TPSA) is 33.3 Å². The van der Waals surface area contributed by atoms with Gasteiger partial charge >= 0.3 is 0 Å². The first-order valence-corrected chi connectivity index (χ1v) is 6.70. The lowest BCUT2D eigenvalue weighted by atomic mass is 10.3. The summed E-state index contributed by atoms with van der Waals surface area (Å²) in [6, 6.07) is 5.56. The van der Waals surface area contributed by atoms with Crippen molar-refractivity contribution in [3.05, 3.63) is 27.7 Å². The average molecular weight is 338 g/mol. The lowest BCUT2D eigenvalue weighted by molar-refractivity contribution is 0.196. The molecule has 94 valence electrons. The van der Waals surface area contributed by atoms with Crippen LogP contribution >= 0.6 is 39.7 Å². The lowest BCUT2D eigenvalue weighted by Crippen LogP contribution is -2.29. The molecule has 3 nitrogen and oxygen atoms in total. The highest BCUT2D eigenvalue weighted by Gasteiger charge is 2.00. The van der Waals surface area contributed by atoms with Gasteiger partial charge in [-0.2, -0.15) is 0 Å². The van der Waals surface area contributed by atoms with Gasteiger partial charge in [-0.3, -0.25) is 0 Å². The van der Waals surface area contributed by atoms with Gasteiger partial charge in [-0.25, -0.2) is 0 Å². The molecule has 0 aromatic heterocycles. The van der Waals surface area contributed by atoms with Crippen molar-refractivity contribution in [2.45, 2.75) is 6.42 Å². The number of halogens is 2. The third-order valence-corrected chi connectivity index (χ3v) is 3.45. The smallest absolute Gasteiger partial charge is 0.170 e. The average Bonchev–Trinajstić information content (AvgIpc) is 2.30. The van der Waals surface area contributed by atoms with Gasteiger partial charge in [0.15, 0.2) is 5.11 Å². The van der Waals surface area contributed by atoms with Crippen molar-refractivity contribution in [1.82, 2.24) is 5.32 Å². The summed E-state index contributed by atoms with van der Waals surface area (Å²) in [7, 11) is 1.68. The van der Waals surface area contributed by atoms with Crippen molar-refractivity contribution >= 4 is 50.5 Å². The summed E-state index contributed by atoms with van der Waals surface area (Å²) in [5.74, 6) is 0. The Bertz CT molecular complexity index is 390. The van der Waals surface area contributed by atoms with E-state index in [1.165, 1.54) is 0 Å². The molecule has 0 amide bonds. The molecule has 1 rings (SSSR count). The van der Waals surface area contributed by atoms with E-state index in [9.17, 15) is 0 Å². The van der Waals surface area contributed by atoms with Gasteiger partial charge in [-0.1, -0.05) is 11.6 Å². The number of methoxy groups -OCH3 is 1. The lowest BCUT2D eigenvalue weighted by Gasteiger charge is -2.10. The Morgan fingerprint density at radius 3 is 2.94 bits per heavy atom. The molecule has 0 aliphatic rings. The van der Waals surface area contributed by atoms with Gasteiger partial charge in [0, 0.05) is 30.4 Å². The number of hydrogen-bond acceptors (Lipinski definition) is 2. The number of anilines is 1. The molecule has 17 heavy (non-hydrogen) atoms. The van der Waals surface area contributed by atoms with Crippen LogP contribution in [0.4, 0.5) is 5.69 Å². The summed E-state index contributed by atoms with van der Waals surface area (Å²) in [6.45, 7) is 1.51. The summed E-state index contributed by atoms with van der Waals surface area (Å²) in [4.78, 5) is 0. The molecule has 0 heterocycles. The molecule has 0 saturated carbocycles. The number of nitrogens with one attached hydrogen (secondary N) is 2. The third-order valence-electron chi connectivity index (χ3n) is 1.99. The molecule has 6 heteroatoms. The molecule has 0 bridgehead atoms. The summed E-state index contributed by atoms with van der Waals surface area (Å²) < 4.78 is 5.79. The summed E-state index contributed by atoms with van der Waals surface area (Å²) >= 11 is 14.4. The highest BCUT2D eigenvalue weighted by molar-refractivity contribution is 9.10. The maximum absolute atomic E-state index is 5.90. The minimum atomic E-state index is 0.593. The van der Waals surface area contributed by atoms with Crippen LogP contribution in [0.5, 0.6) is 0 Å². The van der Waals surface area contributed by atoms with Crippen molar-refractivity contribution in [3.8, 4) is 0 Å². The number of rotatable bonds is 5. The first kappa shape index (κ1) is 14.7. The Morgan fingerprint density at radius 1 is 1.53 bits per heavy atom. The second kappa shape index (κ2) is 7.87. The SMILES string of the molecule is COCCCNC(=S)Nc1ccc(Cl)c(Br)c1. The van der Waals surface area contributed by atoms with E-state index in [4.69, 9.17) is 28.6 Å². The van der Waals surface area contributed by atoms with Crippen molar-refractivity contribution in [1.29, 1.82) is 0 Å². The monoisotopic (exact) mass is 336 g/mol. The van der Waals surface area contributed by atoms with E-state index in [1.807, 2.05) is 18.2 Å². The highest BCUT2D eigenvalue weighted by atomic mass is 79.9. The van der Waals surface area contributed by atoms with Crippen LogP contribution in [0.3, 0.4) is 0 Å². The minimum absolute atomic E-state index is 0.593. The quantitative estimate of drug-likeness (QED) is 0.637. The zero-order valence-electron chi connectivity index (χ0n) is 9.43. The third kappa shape index (κ3) is 5.68. The molecule has 1 aromatic carbocycles. The second-order valence-corrected chi connectivity index (χ2v) is 5.03. The van der Waals surface area contributed by atoms with Crippen LogP contribution in [0.2, 0.25) is 5.02 Å². The van der Waals surface area contributed by atoms with Crippen molar-refractivity contribution in [2.24, 2.45) is 0 Å². The molecule has 0 radical (unpaired) electrons. The fourth-order valence-corrected chi connectivity index (χ4v) is 1.88. The molecule has 0 spiro atoms. The Morgan fingerprint density at radius 2 is 2.29 bits per heavy atom. The second-order valence-electron chi connectivity index (χ2n) is 3.36. The van der Waals surface area contributed by atoms with Gasteiger partial charge in [0.1, 0.15) is 0 Å². The highest BCUT2D eigenvalue weighted by Crippen LogP contribution is 2.25. The zero-order valence-corrected chi connectivity index (χ0v) is 12.6. The summed E-state index contributed by atoms with van der Waals surface area (Å²) in [5.41, 5.74) is 0.894. The maximum Gasteiger partial charge on any atom is 0.170 e. The summed E-state index contributed by atoms with van der Waals surface area (Å²) in [6.07, 6.45) is 0.919. The van der Waals surface area contributed by atoms with Crippen LogP contribution in [0, 0.1) is 0 Å². The molecule has 0 atom stereocenters. The first-order valence-electron chi connectivity index (χ1n) is 5.12. The normalized spacial score (nSPS) is 10.1. The molecule has 0 aliphatic carbocycles. The Balaban J connectivity index is 2.37. The molecule has 1 aromatic rings. The number of ether oxygens (including phenoxy) is 1. The molecule has 0 unspecified atom stereocenters. The summed E-state index contributed by atoms with van der Waals surface area (Å²) in [5, 5.41) is 7.44. The predicted molar refractivity (Wildman–Crippen MR) is 79.9 cm³/mol. The molecular formula is C11H14BrClN2OS. The van der Waals surface area contributed by atoms with E-state index >= 15 is 0 Å². The van der Waals surface area contributed by atoms with Crippen LogP contribution in [-0.4, -0.2) is 25.4 Å². The fraction of sp³-hybridized carbons (Fsp3) is 0.364. The van der Waals surface area contributed by atoms with E-state index < -0.39 is 0 Å². The Kier molecular flexibility index (Phi) is 6.80. The van der Waals surface area contributed by atoms with E-state index in [-0.39, 0.29) is 0 Å². The number of benzene rings is 1. The van der Waals surface area contributed by atoms with Crippen molar-refractivity contribution < 1.29 is 4.74 Å². The Labute approximate surface area is 120 Å². The number of thiocarbonyl (C=S) groups is 1. The van der Waals surface area contributed by atoms with Crippen LogP contribution < -0.4 is 10.6 Å². The molecule has 0 aliphatic heterocycles. The number of hydrogen-bond donors (Lipinski definition) is 2. The van der Waals surface area contributed by atoms with Crippen LogP contribution in [0.1, 0.15) is 6.42 Å². The van der Waals surface area contributed by atoms with Gasteiger partial charge in [0.05, 0.1) is 5.02 Å². The molecule has 0 saturated heterocycles. The van der Waals surface area contributed by atoms with E-state index in [1.54, 1.807) is 7.11 Å². The van der Waals surface area contributed by atoms with E-state index in [0.29, 0.717) is 10.1 Å². The maximum atomic E-state index is 5.90. The van der Waals surface area contributed by atoms with Gasteiger partial charge in [0.25, 0.3) is 0 Å². The first-order chi connectivity index (χ1) is 8.13. The zero-order chi connectivity index (χ0) is 12.7. The van der Waals surface area contributed by atoms with Gasteiger partial charge in [-0.05, 0) is 52.8 Å². The van der Waals surface area contributed by atoms with E-state index in [0.717, 1.165) is 29.7 Å². The van der Waals surface area contributed by atoms with Crippen molar-refractivity contribution in [2.75, 3.05) is 25.6 Å². The van der Waals surface area contributed by atoms with Gasteiger partial charge in [0.2, 0.25) is 0 Å². The molecule has 2 N–H and O–H groups in total. The predicted octanol–water partition coefficient (Wildman–Crippen LogP) is 3.43. The van der Waals surface area contributed by atoms with E-state index in [2.05, 4.69) is 26.6 Å². The van der Waals surface area contributed by atoms with Gasteiger partial charge < -0.3 is 15.4 Å². The molecule has 0 fully saturated rings. The van der Waals surface area contributed by atoms with Gasteiger partial charge in [-0.15, -0.1) is 0 Å². The molecular weight excluding hydrogens is 324 g/mol. The Hall–Kier alpha value is -0.360.